The van der Waals surface area contributed by atoms with Crippen molar-refractivity contribution in [3.63, 3.8) is 0 Å². The van der Waals surface area contributed by atoms with Crippen LogP contribution in [0.1, 0.15) is 18.1 Å². The first-order valence-electron chi connectivity index (χ1n) is 11.3. The van der Waals surface area contributed by atoms with Gasteiger partial charge in [-0.15, -0.1) is 0 Å². The summed E-state index contributed by atoms with van der Waals surface area (Å²) in [5.74, 6) is 0.941. The largest absolute Gasteiger partial charge is 0.497 e. The number of benzene rings is 3. The lowest BCUT2D eigenvalue weighted by molar-refractivity contribution is 0.122. The smallest absolute Gasteiger partial charge is 0.119 e. The zero-order chi connectivity index (χ0) is 21.2. The van der Waals surface area contributed by atoms with Crippen LogP contribution in [0.2, 0.25) is 0 Å². The molecule has 0 atom stereocenters. The van der Waals surface area contributed by atoms with E-state index in [0.29, 0.717) is 0 Å². The molecule has 2 heterocycles. The van der Waals surface area contributed by atoms with Crippen LogP contribution in [0, 0.1) is 0 Å². The lowest BCUT2D eigenvalue weighted by atomic mass is 10.1. The summed E-state index contributed by atoms with van der Waals surface area (Å²) in [7, 11) is 1.73. The monoisotopic (exact) mass is 413 g/mol. The van der Waals surface area contributed by atoms with Crippen molar-refractivity contribution in [2.24, 2.45) is 0 Å². The maximum absolute atomic E-state index is 5.37. The molecule has 0 bridgehead atoms. The van der Waals surface area contributed by atoms with Crippen molar-refractivity contribution >= 4 is 21.8 Å². The van der Waals surface area contributed by atoms with E-state index in [2.05, 4.69) is 82.0 Å². The number of nitrogens with zero attached hydrogens (tertiary/aromatic N) is 3. The van der Waals surface area contributed by atoms with E-state index >= 15 is 0 Å². The van der Waals surface area contributed by atoms with Gasteiger partial charge in [0.2, 0.25) is 0 Å². The number of rotatable bonds is 6. The summed E-state index contributed by atoms with van der Waals surface area (Å²) < 4.78 is 7.79. The summed E-state index contributed by atoms with van der Waals surface area (Å²) in [6.07, 6.45) is 0. The summed E-state index contributed by atoms with van der Waals surface area (Å²) in [6, 6.07) is 24.2. The number of hydrogen-bond donors (Lipinski definition) is 0. The minimum atomic E-state index is 0.941. The SMILES string of the molecule is CCn1c2ccccc2c2cc(CN3CCN(Cc4cccc(OC)c4)CC3)ccc21. The highest BCUT2D eigenvalue weighted by Crippen LogP contribution is 2.30. The van der Waals surface area contributed by atoms with E-state index in [9.17, 15) is 0 Å². The number of ether oxygens (including phenoxy) is 1. The molecule has 4 aromatic rings. The Labute approximate surface area is 184 Å². The van der Waals surface area contributed by atoms with Crippen LogP contribution in [0.4, 0.5) is 0 Å². The second-order valence-electron chi connectivity index (χ2n) is 8.52. The van der Waals surface area contributed by atoms with Crippen LogP contribution in [-0.2, 0) is 19.6 Å². The third kappa shape index (κ3) is 4.06. The summed E-state index contributed by atoms with van der Waals surface area (Å²) in [5.41, 5.74) is 5.41. The van der Waals surface area contributed by atoms with Crippen molar-refractivity contribution in [3.8, 4) is 5.75 Å². The van der Waals surface area contributed by atoms with Crippen LogP contribution in [0.15, 0.2) is 66.7 Å². The molecule has 31 heavy (non-hydrogen) atoms. The highest BCUT2D eigenvalue weighted by atomic mass is 16.5. The summed E-state index contributed by atoms with van der Waals surface area (Å²) in [4.78, 5) is 5.13. The van der Waals surface area contributed by atoms with Crippen molar-refractivity contribution in [3.05, 3.63) is 77.9 Å². The molecule has 0 radical (unpaired) electrons. The molecule has 5 rings (SSSR count). The lowest BCUT2D eigenvalue weighted by Gasteiger charge is -2.34. The van der Waals surface area contributed by atoms with Crippen LogP contribution in [0.3, 0.4) is 0 Å². The molecule has 1 fully saturated rings. The fourth-order valence-electron chi connectivity index (χ4n) is 4.93. The van der Waals surface area contributed by atoms with Crippen LogP contribution in [0.5, 0.6) is 5.75 Å². The molecule has 1 aliphatic heterocycles. The molecule has 0 unspecified atom stereocenters. The van der Waals surface area contributed by atoms with Gasteiger partial charge in [-0.25, -0.2) is 0 Å². The van der Waals surface area contributed by atoms with Gasteiger partial charge in [-0.05, 0) is 48.4 Å². The van der Waals surface area contributed by atoms with E-state index < -0.39 is 0 Å². The predicted molar refractivity (Wildman–Crippen MR) is 129 cm³/mol. The minimum Gasteiger partial charge on any atom is -0.497 e. The molecule has 160 valence electrons. The predicted octanol–water partition coefficient (Wildman–Crippen LogP) is 5.14. The van der Waals surface area contributed by atoms with Gasteiger partial charge in [-0.2, -0.15) is 0 Å². The average Bonchev–Trinajstić information content (AvgIpc) is 3.13. The minimum absolute atomic E-state index is 0.941. The van der Waals surface area contributed by atoms with E-state index in [4.69, 9.17) is 4.74 Å². The van der Waals surface area contributed by atoms with Crippen LogP contribution in [-0.4, -0.2) is 47.7 Å². The molecule has 0 amide bonds. The molecule has 1 aromatic heterocycles. The first kappa shape index (κ1) is 20.1. The van der Waals surface area contributed by atoms with Gasteiger partial charge in [-0.1, -0.05) is 36.4 Å². The summed E-state index contributed by atoms with van der Waals surface area (Å²) in [6.45, 7) is 9.67. The normalized spacial score (nSPS) is 15.7. The molecular weight excluding hydrogens is 382 g/mol. The molecule has 0 spiro atoms. The van der Waals surface area contributed by atoms with Crippen LogP contribution >= 0.6 is 0 Å². The van der Waals surface area contributed by atoms with Gasteiger partial charge >= 0.3 is 0 Å². The summed E-state index contributed by atoms with van der Waals surface area (Å²) in [5, 5.41) is 2.75. The van der Waals surface area contributed by atoms with E-state index in [0.717, 1.165) is 51.6 Å². The van der Waals surface area contributed by atoms with Gasteiger partial charge < -0.3 is 9.30 Å². The Bertz CT molecular complexity index is 1190. The van der Waals surface area contributed by atoms with Crippen LogP contribution in [0.25, 0.3) is 21.8 Å². The maximum atomic E-state index is 5.37. The van der Waals surface area contributed by atoms with Crippen molar-refractivity contribution in [2.45, 2.75) is 26.6 Å². The number of piperazine rings is 1. The number of para-hydroxylation sites is 1. The molecule has 0 aliphatic carbocycles. The highest BCUT2D eigenvalue weighted by Gasteiger charge is 2.18. The molecule has 0 N–H and O–H groups in total. The van der Waals surface area contributed by atoms with Crippen molar-refractivity contribution in [1.82, 2.24) is 14.4 Å². The molecular formula is C27H31N3O. The second kappa shape index (κ2) is 8.74. The topological polar surface area (TPSA) is 20.6 Å². The fraction of sp³-hybridized carbons (Fsp3) is 0.333. The Kier molecular flexibility index (Phi) is 5.66. The second-order valence-corrected chi connectivity index (χ2v) is 8.52. The number of methoxy groups -OCH3 is 1. The van der Waals surface area contributed by atoms with Crippen molar-refractivity contribution in [2.75, 3.05) is 33.3 Å². The quantitative estimate of drug-likeness (QED) is 0.437. The number of aryl methyl sites for hydroxylation is 1. The van der Waals surface area contributed by atoms with Gasteiger partial charge in [0.15, 0.2) is 0 Å². The maximum Gasteiger partial charge on any atom is 0.119 e. The van der Waals surface area contributed by atoms with E-state index in [1.807, 2.05) is 6.07 Å². The van der Waals surface area contributed by atoms with Gasteiger partial charge in [0, 0.05) is 67.6 Å². The van der Waals surface area contributed by atoms with E-state index in [-0.39, 0.29) is 0 Å². The third-order valence-electron chi connectivity index (χ3n) is 6.56. The first-order valence-corrected chi connectivity index (χ1v) is 11.3. The molecule has 4 heteroatoms. The Morgan fingerprint density at radius 2 is 1.39 bits per heavy atom. The molecule has 0 saturated carbocycles. The molecule has 1 aliphatic rings. The third-order valence-corrected chi connectivity index (χ3v) is 6.56. The van der Waals surface area contributed by atoms with Crippen molar-refractivity contribution in [1.29, 1.82) is 0 Å². The van der Waals surface area contributed by atoms with E-state index in [1.54, 1.807) is 7.11 Å². The van der Waals surface area contributed by atoms with Crippen LogP contribution < -0.4 is 4.74 Å². The molecule has 4 nitrogen and oxygen atoms in total. The Hall–Kier alpha value is -2.82. The Morgan fingerprint density at radius 3 is 2.10 bits per heavy atom. The van der Waals surface area contributed by atoms with Gasteiger partial charge in [0.25, 0.3) is 0 Å². The number of hydrogen-bond acceptors (Lipinski definition) is 3. The standard InChI is InChI=1S/C27H31N3O/c1-3-30-26-10-5-4-9-24(26)25-18-22(11-12-27(25)30)20-29-15-13-28(14-16-29)19-21-7-6-8-23(17-21)31-2/h4-12,17-18H,3,13-16,19-20H2,1-2H3. The van der Waals surface area contributed by atoms with Gasteiger partial charge in [0.05, 0.1) is 7.11 Å². The number of fused-ring (bicyclic) bond motifs is 3. The molecule has 3 aromatic carbocycles. The highest BCUT2D eigenvalue weighted by molar-refractivity contribution is 6.08. The Morgan fingerprint density at radius 1 is 0.710 bits per heavy atom. The zero-order valence-electron chi connectivity index (χ0n) is 18.6. The first-order chi connectivity index (χ1) is 15.2. The van der Waals surface area contributed by atoms with Gasteiger partial charge in [0.1, 0.15) is 5.75 Å². The number of aromatic nitrogens is 1. The zero-order valence-corrected chi connectivity index (χ0v) is 18.6. The summed E-state index contributed by atoms with van der Waals surface area (Å²) >= 11 is 0. The van der Waals surface area contributed by atoms with Gasteiger partial charge in [-0.3, -0.25) is 9.80 Å². The fourth-order valence-corrected chi connectivity index (χ4v) is 4.93. The van der Waals surface area contributed by atoms with E-state index in [1.165, 1.54) is 32.9 Å². The van der Waals surface area contributed by atoms with Crippen molar-refractivity contribution < 1.29 is 4.74 Å². The average molecular weight is 414 g/mol. The lowest BCUT2D eigenvalue weighted by Crippen LogP contribution is -2.45. The molecule has 1 saturated heterocycles. The Balaban J connectivity index is 1.26.